The van der Waals surface area contributed by atoms with Gasteiger partial charge in [-0.1, -0.05) is 40.9 Å². The third-order valence-corrected chi connectivity index (χ3v) is 4.24. The molecule has 0 radical (unpaired) electrons. The van der Waals surface area contributed by atoms with Crippen molar-refractivity contribution >= 4 is 58.0 Å². The van der Waals surface area contributed by atoms with Crippen molar-refractivity contribution in [1.29, 1.82) is 0 Å². The van der Waals surface area contributed by atoms with Gasteiger partial charge in [-0.15, -0.1) is 0 Å². The predicted molar refractivity (Wildman–Crippen MR) is 92.4 cm³/mol. The second-order valence-corrected chi connectivity index (χ2v) is 6.35. The number of nitrogens with zero attached hydrogens (tertiary/aromatic N) is 1. The van der Waals surface area contributed by atoms with Crippen LogP contribution < -0.4 is 10.2 Å². The number of anilines is 2. The predicted octanol–water partition coefficient (Wildman–Crippen LogP) is 4.39. The van der Waals surface area contributed by atoms with Crippen molar-refractivity contribution in [2.75, 3.05) is 10.2 Å². The van der Waals surface area contributed by atoms with Gasteiger partial charge in [0.2, 0.25) is 5.91 Å². The van der Waals surface area contributed by atoms with Crippen LogP contribution in [-0.2, 0) is 9.59 Å². The highest BCUT2D eigenvalue weighted by molar-refractivity contribution is 6.38. The highest BCUT2D eigenvalue weighted by Gasteiger charge is 2.40. The summed E-state index contributed by atoms with van der Waals surface area (Å²) in [5.41, 5.74) is 1.01. The van der Waals surface area contributed by atoms with Crippen molar-refractivity contribution in [1.82, 2.24) is 0 Å². The highest BCUT2D eigenvalue weighted by atomic mass is 35.5. The lowest BCUT2D eigenvalue weighted by molar-refractivity contribution is -0.121. The van der Waals surface area contributed by atoms with Crippen molar-refractivity contribution in [3.63, 3.8) is 0 Å². The molecule has 2 aromatic rings. The Bertz CT molecular complexity index is 795. The van der Waals surface area contributed by atoms with Crippen molar-refractivity contribution in [2.24, 2.45) is 0 Å². The Labute approximate surface area is 147 Å². The molecule has 4 nitrogen and oxygen atoms in total. The largest absolute Gasteiger partial charge is 0.373 e. The molecule has 1 aliphatic heterocycles. The van der Waals surface area contributed by atoms with Crippen LogP contribution in [0, 0.1) is 0 Å². The average molecular weight is 370 g/mol. The first-order valence-electron chi connectivity index (χ1n) is 6.79. The van der Waals surface area contributed by atoms with E-state index >= 15 is 0 Å². The van der Waals surface area contributed by atoms with Crippen LogP contribution in [0.4, 0.5) is 11.4 Å². The minimum atomic E-state index is -0.660. The van der Waals surface area contributed by atoms with Crippen molar-refractivity contribution in [3.8, 4) is 0 Å². The molecule has 3 rings (SSSR count). The molecule has 23 heavy (non-hydrogen) atoms. The molecule has 1 fully saturated rings. The van der Waals surface area contributed by atoms with E-state index in [1.165, 1.54) is 6.07 Å². The molecule has 0 bridgehead atoms. The van der Waals surface area contributed by atoms with Gasteiger partial charge in [0.05, 0.1) is 17.1 Å². The van der Waals surface area contributed by atoms with Gasteiger partial charge in [0.25, 0.3) is 5.91 Å². The van der Waals surface area contributed by atoms with Gasteiger partial charge < -0.3 is 5.32 Å². The molecule has 1 atom stereocenters. The molecule has 0 aliphatic carbocycles. The van der Waals surface area contributed by atoms with E-state index in [2.05, 4.69) is 5.32 Å². The Morgan fingerprint density at radius 3 is 2.43 bits per heavy atom. The second kappa shape index (κ2) is 6.40. The van der Waals surface area contributed by atoms with Crippen LogP contribution in [0.15, 0.2) is 42.5 Å². The number of halogens is 3. The molecule has 1 heterocycles. The number of benzene rings is 2. The van der Waals surface area contributed by atoms with Gasteiger partial charge in [-0.2, -0.15) is 0 Å². The normalized spacial score (nSPS) is 17.7. The third kappa shape index (κ3) is 3.29. The van der Waals surface area contributed by atoms with Crippen LogP contribution in [0.3, 0.4) is 0 Å². The number of carbonyl (C=O) groups excluding carboxylic acids is 2. The SMILES string of the molecule is O=C1C[C@H](Nc2cccc(Cl)c2)C(=O)N1c1ccc(Cl)cc1Cl. The van der Waals surface area contributed by atoms with E-state index in [9.17, 15) is 9.59 Å². The van der Waals surface area contributed by atoms with Crippen molar-refractivity contribution < 1.29 is 9.59 Å². The molecular formula is C16H11Cl3N2O2. The van der Waals surface area contributed by atoms with Gasteiger partial charge in [-0.3, -0.25) is 9.59 Å². The van der Waals surface area contributed by atoms with Crippen molar-refractivity contribution in [2.45, 2.75) is 12.5 Å². The van der Waals surface area contributed by atoms with E-state index in [1.54, 1.807) is 36.4 Å². The summed E-state index contributed by atoms with van der Waals surface area (Å²) in [5.74, 6) is -0.682. The van der Waals surface area contributed by atoms with E-state index in [4.69, 9.17) is 34.8 Å². The maximum Gasteiger partial charge on any atom is 0.256 e. The van der Waals surface area contributed by atoms with Crippen LogP contribution in [0.1, 0.15) is 6.42 Å². The molecule has 0 unspecified atom stereocenters. The smallest absolute Gasteiger partial charge is 0.256 e. The minimum Gasteiger partial charge on any atom is -0.373 e. The van der Waals surface area contributed by atoms with Gasteiger partial charge in [-0.05, 0) is 36.4 Å². The zero-order valence-corrected chi connectivity index (χ0v) is 14.0. The Kier molecular flexibility index (Phi) is 4.48. The third-order valence-electron chi connectivity index (χ3n) is 3.46. The summed E-state index contributed by atoms with van der Waals surface area (Å²) in [5, 5.41) is 4.26. The number of carbonyl (C=O) groups is 2. The molecule has 1 N–H and O–H groups in total. The lowest BCUT2D eigenvalue weighted by Crippen LogP contribution is -2.35. The van der Waals surface area contributed by atoms with Crippen LogP contribution in [0.2, 0.25) is 15.1 Å². The number of nitrogens with one attached hydrogen (secondary N) is 1. The van der Waals surface area contributed by atoms with E-state index in [0.29, 0.717) is 21.4 Å². The number of amides is 2. The molecule has 118 valence electrons. The first-order valence-corrected chi connectivity index (χ1v) is 7.93. The molecule has 2 amide bonds. The summed E-state index contributed by atoms with van der Waals surface area (Å²) in [6.07, 6.45) is 0.0459. The van der Waals surface area contributed by atoms with Gasteiger partial charge >= 0.3 is 0 Å². The average Bonchev–Trinajstić information content (AvgIpc) is 2.74. The molecule has 7 heteroatoms. The lowest BCUT2D eigenvalue weighted by atomic mass is 10.2. The summed E-state index contributed by atoms with van der Waals surface area (Å²) in [6.45, 7) is 0. The minimum absolute atomic E-state index is 0.0459. The number of hydrogen-bond acceptors (Lipinski definition) is 3. The topological polar surface area (TPSA) is 49.4 Å². The molecule has 0 aromatic heterocycles. The Morgan fingerprint density at radius 2 is 1.74 bits per heavy atom. The lowest BCUT2D eigenvalue weighted by Gasteiger charge is -2.17. The molecule has 0 saturated carbocycles. The highest BCUT2D eigenvalue weighted by Crippen LogP contribution is 2.33. The Morgan fingerprint density at radius 1 is 1.00 bits per heavy atom. The van der Waals surface area contributed by atoms with Gasteiger partial charge in [0.1, 0.15) is 6.04 Å². The quantitative estimate of drug-likeness (QED) is 0.816. The maximum absolute atomic E-state index is 12.6. The van der Waals surface area contributed by atoms with E-state index in [-0.39, 0.29) is 23.3 Å². The van der Waals surface area contributed by atoms with E-state index in [1.807, 2.05) is 0 Å². The van der Waals surface area contributed by atoms with Crippen LogP contribution >= 0.6 is 34.8 Å². The Balaban J connectivity index is 1.85. The zero-order chi connectivity index (χ0) is 16.6. The number of hydrogen-bond donors (Lipinski definition) is 1. The summed E-state index contributed by atoms with van der Waals surface area (Å²) >= 11 is 17.9. The van der Waals surface area contributed by atoms with Gasteiger partial charge in [0.15, 0.2) is 0 Å². The standard InChI is InChI=1S/C16H11Cl3N2O2/c17-9-2-1-3-11(6-9)20-13-8-15(22)21(16(13)23)14-5-4-10(18)7-12(14)19/h1-7,13,20H,8H2/t13-/m0/s1. The molecule has 1 saturated heterocycles. The fourth-order valence-corrected chi connectivity index (χ4v) is 3.12. The van der Waals surface area contributed by atoms with Gasteiger partial charge in [-0.25, -0.2) is 4.90 Å². The first kappa shape index (κ1) is 16.1. The number of imide groups is 1. The number of rotatable bonds is 3. The van der Waals surface area contributed by atoms with Crippen LogP contribution in [-0.4, -0.2) is 17.9 Å². The zero-order valence-electron chi connectivity index (χ0n) is 11.7. The molecular weight excluding hydrogens is 359 g/mol. The van der Waals surface area contributed by atoms with E-state index in [0.717, 1.165) is 4.90 Å². The fraction of sp³-hybridized carbons (Fsp3) is 0.125. The summed E-state index contributed by atoms with van der Waals surface area (Å²) in [4.78, 5) is 25.9. The molecule has 0 spiro atoms. The summed E-state index contributed by atoms with van der Waals surface area (Å²) < 4.78 is 0. The fourth-order valence-electron chi connectivity index (χ4n) is 2.44. The van der Waals surface area contributed by atoms with Crippen LogP contribution in [0.5, 0.6) is 0 Å². The molecule has 2 aromatic carbocycles. The Hall–Kier alpha value is -1.75. The maximum atomic E-state index is 12.6. The van der Waals surface area contributed by atoms with E-state index < -0.39 is 6.04 Å². The monoisotopic (exact) mass is 368 g/mol. The van der Waals surface area contributed by atoms with Crippen LogP contribution in [0.25, 0.3) is 0 Å². The summed E-state index contributed by atoms with van der Waals surface area (Å²) in [6, 6.07) is 10.9. The van der Waals surface area contributed by atoms with Gasteiger partial charge in [0, 0.05) is 15.7 Å². The van der Waals surface area contributed by atoms with Crippen molar-refractivity contribution in [3.05, 3.63) is 57.5 Å². The molecule has 1 aliphatic rings. The second-order valence-electron chi connectivity index (χ2n) is 5.07. The first-order chi connectivity index (χ1) is 11.0. The summed E-state index contributed by atoms with van der Waals surface area (Å²) in [7, 11) is 0.